The van der Waals surface area contributed by atoms with Gasteiger partial charge in [0.2, 0.25) is 0 Å². The van der Waals surface area contributed by atoms with Crippen molar-refractivity contribution >= 4 is 28.9 Å². The van der Waals surface area contributed by atoms with Crippen LogP contribution in [-0.2, 0) is 13.1 Å². The van der Waals surface area contributed by atoms with Crippen LogP contribution in [0.15, 0.2) is 42.6 Å². The minimum atomic E-state index is -0.884. The van der Waals surface area contributed by atoms with Crippen molar-refractivity contribution in [3.05, 3.63) is 74.9 Å². The standard InChI is InChI=1S/C19H19ClN2O2S/c1-12-13(2)25-18(17(12)19(23)24)22-9-3-4-16(22)11-21-10-14-5-7-15(20)8-6-14/h3-9,21H,10-11H2,1-2H3,(H,23,24). The summed E-state index contributed by atoms with van der Waals surface area (Å²) >= 11 is 7.41. The van der Waals surface area contributed by atoms with E-state index in [1.807, 2.05) is 61.0 Å². The maximum Gasteiger partial charge on any atom is 0.339 e. The van der Waals surface area contributed by atoms with Gasteiger partial charge < -0.3 is 15.0 Å². The van der Waals surface area contributed by atoms with Crippen molar-refractivity contribution in [3.8, 4) is 5.00 Å². The van der Waals surface area contributed by atoms with Gasteiger partial charge in [-0.3, -0.25) is 0 Å². The smallest absolute Gasteiger partial charge is 0.339 e. The number of carboxylic acid groups (broad SMARTS) is 1. The number of rotatable bonds is 6. The molecule has 0 saturated heterocycles. The van der Waals surface area contributed by atoms with E-state index in [-0.39, 0.29) is 0 Å². The van der Waals surface area contributed by atoms with Crippen molar-refractivity contribution in [2.24, 2.45) is 0 Å². The Morgan fingerprint density at radius 2 is 1.92 bits per heavy atom. The Labute approximate surface area is 155 Å². The molecule has 25 heavy (non-hydrogen) atoms. The summed E-state index contributed by atoms with van der Waals surface area (Å²) in [4.78, 5) is 12.7. The Morgan fingerprint density at radius 1 is 1.20 bits per heavy atom. The minimum Gasteiger partial charge on any atom is -0.478 e. The third-order valence-electron chi connectivity index (χ3n) is 4.18. The number of aromatic nitrogens is 1. The van der Waals surface area contributed by atoms with Crippen LogP contribution in [0.5, 0.6) is 0 Å². The molecule has 0 fully saturated rings. The van der Waals surface area contributed by atoms with E-state index >= 15 is 0 Å². The molecular formula is C19H19ClN2O2S. The van der Waals surface area contributed by atoms with Gasteiger partial charge in [0, 0.05) is 34.9 Å². The summed E-state index contributed by atoms with van der Waals surface area (Å²) in [6, 6.07) is 11.7. The Hall–Kier alpha value is -2.08. The molecule has 0 bridgehead atoms. The third-order valence-corrected chi connectivity index (χ3v) is 5.64. The van der Waals surface area contributed by atoms with Gasteiger partial charge >= 0.3 is 5.97 Å². The molecule has 0 radical (unpaired) electrons. The van der Waals surface area contributed by atoms with E-state index in [2.05, 4.69) is 5.32 Å². The van der Waals surface area contributed by atoms with Crippen molar-refractivity contribution in [3.63, 3.8) is 0 Å². The third kappa shape index (κ3) is 3.79. The van der Waals surface area contributed by atoms with Gasteiger partial charge in [-0.1, -0.05) is 23.7 Å². The zero-order valence-corrected chi connectivity index (χ0v) is 15.6. The molecule has 3 rings (SSSR count). The highest BCUT2D eigenvalue weighted by molar-refractivity contribution is 7.15. The lowest BCUT2D eigenvalue weighted by atomic mass is 10.1. The normalized spacial score (nSPS) is 11.0. The first kappa shape index (κ1) is 17.7. The first-order chi connectivity index (χ1) is 12.0. The second-order valence-corrected chi connectivity index (χ2v) is 7.51. The fourth-order valence-electron chi connectivity index (χ4n) is 2.73. The quantitative estimate of drug-likeness (QED) is 0.651. The minimum absolute atomic E-state index is 0.387. The molecule has 6 heteroatoms. The molecule has 130 valence electrons. The number of hydrogen-bond acceptors (Lipinski definition) is 3. The molecule has 4 nitrogen and oxygen atoms in total. The number of aromatic carboxylic acids is 1. The van der Waals surface area contributed by atoms with Crippen LogP contribution in [0, 0.1) is 13.8 Å². The highest BCUT2D eigenvalue weighted by atomic mass is 35.5. The highest BCUT2D eigenvalue weighted by Gasteiger charge is 2.21. The topological polar surface area (TPSA) is 54.3 Å². The molecule has 3 aromatic rings. The largest absolute Gasteiger partial charge is 0.478 e. The first-order valence-electron chi connectivity index (χ1n) is 7.92. The van der Waals surface area contributed by atoms with E-state index < -0.39 is 5.97 Å². The monoisotopic (exact) mass is 374 g/mol. The number of halogens is 1. The van der Waals surface area contributed by atoms with Crippen LogP contribution in [0.25, 0.3) is 5.00 Å². The average molecular weight is 375 g/mol. The van der Waals surface area contributed by atoms with Gasteiger partial charge in [0.1, 0.15) is 5.00 Å². The molecule has 0 spiro atoms. The molecule has 2 N–H and O–H groups in total. The van der Waals surface area contributed by atoms with E-state index in [0.29, 0.717) is 12.1 Å². The van der Waals surface area contributed by atoms with Crippen LogP contribution in [0.3, 0.4) is 0 Å². The maximum atomic E-state index is 11.7. The number of carbonyl (C=O) groups is 1. The molecule has 0 amide bonds. The molecule has 1 aromatic carbocycles. The molecule has 2 heterocycles. The zero-order valence-electron chi connectivity index (χ0n) is 14.0. The number of nitrogens with one attached hydrogen (secondary N) is 1. The Balaban J connectivity index is 1.78. The molecule has 0 saturated carbocycles. The molecule has 0 aliphatic heterocycles. The van der Waals surface area contributed by atoms with Crippen LogP contribution in [0.2, 0.25) is 5.02 Å². The Bertz CT molecular complexity index is 897. The summed E-state index contributed by atoms with van der Waals surface area (Å²) in [6.07, 6.45) is 1.91. The Kier molecular flexibility index (Phi) is 5.27. The van der Waals surface area contributed by atoms with Crippen molar-refractivity contribution in [2.45, 2.75) is 26.9 Å². The van der Waals surface area contributed by atoms with E-state index in [4.69, 9.17) is 11.6 Å². The summed E-state index contributed by atoms with van der Waals surface area (Å²) in [6.45, 7) is 5.18. The Morgan fingerprint density at radius 3 is 2.60 bits per heavy atom. The van der Waals surface area contributed by atoms with Crippen LogP contribution in [0.4, 0.5) is 0 Å². The van der Waals surface area contributed by atoms with Crippen LogP contribution in [0.1, 0.15) is 32.1 Å². The van der Waals surface area contributed by atoms with Gasteiger partial charge in [0.05, 0.1) is 5.56 Å². The summed E-state index contributed by atoms with van der Waals surface area (Å²) in [5.74, 6) is -0.884. The van der Waals surface area contributed by atoms with Crippen molar-refractivity contribution in [1.29, 1.82) is 0 Å². The van der Waals surface area contributed by atoms with Crippen LogP contribution >= 0.6 is 22.9 Å². The van der Waals surface area contributed by atoms with E-state index in [1.165, 1.54) is 11.3 Å². The number of thiophene rings is 1. The summed E-state index contributed by atoms with van der Waals surface area (Å²) < 4.78 is 1.96. The van der Waals surface area contributed by atoms with Crippen molar-refractivity contribution < 1.29 is 9.90 Å². The molecule has 0 aliphatic rings. The average Bonchev–Trinajstić information content (AvgIpc) is 3.14. The van der Waals surface area contributed by atoms with Gasteiger partial charge in [-0.2, -0.15) is 0 Å². The summed E-state index contributed by atoms with van der Waals surface area (Å²) in [5.41, 5.74) is 3.40. The molecule has 0 aliphatic carbocycles. The lowest BCUT2D eigenvalue weighted by molar-refractivity contribution is 0.0696. The molecule has 0 atom stereocenters. The fraction of sp³-hybridized carbons (Fsp3) is 0.211. The number of nitrogens with zero attached hydrogens (tertiary/aromatic N) is 1. The van der Waals surface area contributed by atoms with Crippen LogP contribution in [-0.4, -0.2) is 15.6 Å². The summed E-state index contributed by atoms with van der Waals surface area (Å²) in [5, 5.41) is 14.4. The van der Waals surface area contributed by atoms with Crippen molar-refractivity contribution in [1.82, 2.24) is 9.88 Å². The zero-order chi connectivity index (χ0) is 18.0. The van der Waals surface area contributed by atoms with E-state index in [1.54, 1.807) is 0 Å². The molecular weight excluding hydrogens is 356 g/mol. The maximum absolute atomic E-state index is 11.7. The van der Waals surface area contributed by atoms with Gasteiger partial charge in [0.25, 0.3) is 0 Å². The second-order valence-electron chi connectivity index (χ2n) is 5.87. The molecule has 2 aromatic heterocycles. The predicted molar refractivity (Wildman–Crippen MR) is 102 cm³/mol. The highest BCUT2D eigenvalue weighted by Crippen LogP contribution is 2.32. The number of carboxylic acids is 1. The van der Waals surface area contributed by atoms with Gasteiger partial charge in [-0.25, -0.2) is 4.79 Å². The SMILES string of the molecule is Cc1sc(-n2cccc2CNCc2ccc(Cl)cc2)c(C(=O)O)c1C. The van der Waals surface area contributed by atoms with Crippen molar-refractivity contribution in [2.75, 3.05) is 0 Å². The van der Waals surface area contributed by atoms with Gasteiger partial charge in [-0.05, 0) is 49.2 Å². The number of aryl methyl sites for hydroxylation is 1. The first-order valence-corrected chi connectivity index (χ1v) is 9.12. The van der Waals surface area contributed by atoms with Gasteiger partial charge in [-0.15, -0.1) is 11.3 Å². The lowest BCUT2D eigenvalue weighted by Crippen LogP contribution is -2.15. The van der Waals surface area contributed by atoms with E-state index in [0.717, 1.165) is 38.3 Å². The number of hydrogen-bond donors (Lipinski definition) is 2. The van der Waals surface area contributed by atoms with Gasteiger partial charge in [0.15, 0.2) is 0 Å². The number of benzene rings is 1. The molecule has 0 unspecified atom stereocenters. The van der Waals surface area contributed by atoms with E-state index in [9.17, 15) is 9.90 Å². The second kappa shape index (κ2) is 7.44. The lowest BCUT2D eigenvalue weighted by Gasteiger charge is -2.10. The fourth-order valence-corrected chi connectivity index (χ4v) is 4.02. The van der Waals surface area contributed by atoms with Crippen LogP contribution < -0.4 is 5.32 Å². The predicted octanol–water partition coefficient (Wildman–Crippen LogP) is 4.80. The summed E-state index contributed by atoms with van der Waals surface area (Å²) in [7, 11) is 0.